The minimum Gasteiger partial charge on any atom is -0.506 e. The Morgan fingerprint density at radius 1 is 1.06 bits per heavy atom. The molecule has 1 N–H and O–H groups in total. The Morgan fingerprint density at radius 2 is 1.76 bits per heavy atom. The smallest absolute Gasteiger partial charge is 0.300 e. The fourth-order valence-electron chi connectivity index (χ4n) is 3.77. The highest BCUT2D eigenvalue weighted by Crippen LogP contribution is 2.45. The van der Waals surface area contributed by atoms with E-state index in [1.807, 2.05) is 0 Å². The van der Waals surface area contributed by atoms with Crippen molar-refractivity contribution in [3.8, 4) is 11.5 Å². The summed E-state index contributed by atoms with van der Waals surface area (Å²) < 4.78 is 24.5. The number of ether oxygens (including phenoxy) is 2. The van der Waals surface area contributed by atoms with Gasteiger partial charge in [0.25, 0.3) is 11.7 Å². The van der Waals surface area contributed by atoms with Crippen LogP contribution in [0.15, 0.2) is 66.4 Å². The fourth-order valence-corrected chi connectivity index (χ4v) is 3.95. The highest BCUT2D eigenvalue weighted by atomic mass is 35.5. The van der Waals surface area contributed by atoms with E-state index in [1.165, 1.54) is 32.5 Å². The van der Waals surface area contributed by atoms with E-state index in [0.29, 0.717) is 5.69 Å². The van der Waals surface area contributed by atoms with Crippen LogP contribution in [0, 0.1) is 5.82 Å². The Morgan fingerprint density at radius 3 is 2.33 bits per heavy atom. The van der Waals surface area contributed by atoms with E-state index in [4.69, 9.17) is 21.1 Å². The molecule has 4 rings (SSSR count). The number of carbonyl (C=O) groups is 2. The molecule has 1 amide bonds. The number of pyridine rings is 1. The number of halogens is 2. The predicted octanol–water partition coefficient (Wildman–Crippen LogP) is 4.52. The molecule has 1 saturated heterocycles. The summed E-state index contributed by atoms with van der Waals surface area (Å²) in [5, 5.41) is 11.1. The summed E-state index contributed by atoms with van der Waals surface area (Å²) in [5.41, 5.74) is 0.373. The van der Waals surface area contributed by atoms with Crippen LogP contribution in [-0.4, -0.2) is 36.0 Å². The average molecular weight is 469 g/mol. The van der Waals surface area contributed by atoms with Crippen LogP contribution in [0.2, 0.25) is 5.02 Å². The molecule has 1 aromatic heterocycles. The van der Waals surface area contributed by atoms with E-state index in [-0.39, 0.29) is 33.3 Å². The van der Waals surface area contributed by atoms with Crippen LogP contribution >= 0.6 is 11.6 Å². The van der Waals surface area contributed by atoms with Gasteiger partial charge in [0.2, 0.25) is 0 Å². The van der Waals surface area contributed by atoms with Crippen molar-refractivity contribution >= 4 is 34.7 Å². The lowest BCUT2D eigenvalue weighted by molar-refractivity contribution is -0.132. The van der Waals surface area contributed by atoms with E-state index in [1.54, 1.807) is 36.4 Å². The standard InChI is InChI=1S/C24H18ClFN2O5/c1-32-17-7-5-8-18(33-2)19(17)22(29)20-21(16-6-3-4-11-27-16)28(24(31)23(20)30)13-9-10-15(26)14(25)12-13/h3-12,21,29H,1-2H3/b22-20+. The Labute approximate surface area is 193 Å². The lowest BCUT2D eigenvalue weighted by atomic mass is 9.97. The number of Topliss-reactive ketones (excluding diaryl/α,β-unsaturated/α-hetero) is 1. The quantitative estimate of drug-likeness (QED) is 0.336. The van der Waals surface area contributed by atoms with Gasteiger partial charge in [-0.3, -0.25) is 19.5 Å². The Bertz CT molecular complexity index is 1260. The maximum atomic E-state index is 13.8. The van der Waals surface area contributed by atoms with Crippen molar-refractivity contribution in [1.82, 2.24) is 4.98 Å². The Hall–Kier alpha value is -3.91. The van der Waals surface area contributed by atoms with Crippen molar-refractivity contribution in [1.29, 1.82) is 0 Å². The Kier molecular flexibility index (Phi) is 6.02. The van der Waals surface area contributed by atoms with Gasteiger partial charge in [0.15, 0.2) is 0 Å². The number of aliphatic hydroxyl groups excluding tert-OH is 1. The number of anilines is 1. The zero-order chi connectivity index (χ0) is 23.7. The molecule has 3 aromatic rings. The van der Waals surface area contributed by atoms with Gasteiger partial charge in [-0.15, -0.1) is 0 Å². The minimum absolute atomic E-state index is 0.110. The maximum Gasteiger partial charge on any atom is 0.300 e. The summed E-state index contributed by atoms with van der Waals surface area (Å²) in [5.74, 6) is -2.57. The van der Waals surface area contributed by atoms with E-state index < -0.39 is 29.3 Å². The van der Waals surface area contributed by atoms with Crippen molar-refractivity contribution in [2.75, 3.05) is 19.1 Å². The second-order valence-electron chi connectivity index (χ2n) is 7.06. The van der Waals surface area contributed by atoms with E-state index in [2.05, 4.69) is 4.98 Å². The highest BCUT2D eigenvalue weighted by Gasteiger charge is 2.48. The molecular weight excluding hydrogens is 451 g/mol. The van der Waals surface area contributed by atoms with Crippen LogP contribution in [0.4, 0.5) is 10.1 Å². The van der Waals surface area contributed by atoms with Crippen molar-refractivity contribution in [3.05, 3.63) is 88.5 Å². The molecule has 1 aliphatic rings. The molecule has 1 unspecified atom stereocenters. The average Bonchev–Trinajstić information content (AvgIpc) is 3.10. The van der Waals surface area contributed by atoms with Gasteiger partial charge >= 0.3 is 0 Å². The summed E-state index contributed by atoms with van der Waals surface area (Å²) >= 11 is 5.94. The maximum absolute atomic E-state index is 13.8. The fraction of sp³-hybridized carbons (Fsp3) is 0.125. The SMILES string of the molecule is COc1cccc(OC)c1/C(O)=C1\C(=O)C(=O)N(c2ccc(F)c(Cl)c2)C1c1ccccn1. The number of aromatic nitrogens is 1. The molecule has 1 aliphatic heterocycles. The van der Waals surface area contributed by atoms with Crippen molar-refractivity contribution in [2.45, 2.75) is 6.04 Å². The van der Waals surface area contributed by atoms with E-state index in [0.717, 1.165) is 11.0 Å². The number of aliphatic hydroxyl groups is 1. The normalized spacial score (nSPS) is 17.3. The zero-order valence-corrected chi connectivity index (χ0v) is 18.3. The Balaban J connectivity index is 2.01. The van der Waals surface area contributed by atoms with Crippen LogP contribution in [0.1, 0.15) is 17.3 Å². The van der Waals surface area contributed by atoms with Gasteiger partial charge in [-0.25, -0.2) is 4.39 Å². The number of hydrogen-bond acceptors (Lipinski definition) is 6. The van der Waals surface area contributed by atoms with Gasteiger partial charge in [-0.1, -0.05) is 23.7 Å². The van der Waals surface area contributed by atoms with Crippen molar-refractivity contribution in [2.24, 2.45) is 0 Å². The second kappa shape index (κ2) is 8.91. The van der Waals surface area contributed by atoms with Crippen LogP contribution in [0.25, 0.3) is 5.76 Å². The van der Waals surface area contributed by atoms with E-state index in [9.17, 15) is 19.1 Å². The first kappa shape index (κ1) is 22.3. The van der Waals surface area contributed by atoms with Crippen LogP contribution in [-0.2, 0) is 9.59 Å². The van der Waals surface area contributed by atoms with Crippen LogP contribution in [0.3, 0.4) is 0 Å². The number of rotatable bonds is 5. The topological polar surface area (TPSA) is 89.0 Å². The lowest BCUT2D eigenvalue weighted by Crippen LogP contribution is -2.29. The third kappa shape index (κ3) is 3.78. The largest absolute Gasteiger partial charge is 0.506 e. The highest BCUT2D eigenvalue weighted by molar-refractivity contribution is 6.51. The van der Waals surface area contributed by atoms with Crippen molar-refractivity contribution in [3.63, 3.8) is 0 Å². The number of methoxy groups -OCH3 is 2. The molecule has 168 valence electrons. The molecule has 0 aliphatic carbocycles. The second-order valence-corrected chi connectivity index (χ2v) is 7.47. The third-order valence-corrected chi connectivity index (χ3v) is 5.55. The van der Waals surface area contributed by atoms with Crippen LogP contribution < -0.4 is 14.4 Å². The number of carbonyl (C=O) groups excluding carboxylic acids is 2. The molecule has 2 heterocycles. The summed E-state index contributed by atoms with van der Waals surface area (Å²) in [6, 6.07) is 12.3. The molecule has 33 heavy (non-hydrogen) atoms. The molecule has 0 saturated carbocycles. The monoisotopic (exact) mass is 468 g/mol. The lowest BCUT2D eigenvalue weighted by Gasteiger charge is -2.25. The number of nitrogens with zero attached hydrogens (tertiary/aromatic N) is 2. The van der Waals surface area contributed by atoms with Gasteiger partial charge in [0, 0.05) is 11.9 Å². The number of hydrogen-bond donors (Lipinski definition) is 1. The molecule has 2 aromatic carbocycles. The number of benzene rings is 2. The first-order chi connectivity index (χ1) is 15.9. The van der Waals surface area contributed by atoms with Gasteiger partial charge in [-0.2, -0.15) is 0 Å². The molecule has 0 bridgehead atoms. The molecule has 1 atom stereocenters. The first-order valence-corrected chi connectivity index (χ1v) is 10.1. The van der Waals surface area contributed by atoms with Crippen LogP contribution in [0.5, 0.6) is 11.5 Å². The van der Waals surface area contributed by atoms with E-state index >= 15 is 0 Å². The summed E-state index contributed by atoms with van der Waals surface area (Å²) in [6.07, 6.45) is 1.50. The van der Waals surface area contributed by atoms with Gasteiger partial charge < -0.3 is 14.6 Å². The first-order valence-electron chi connectivity index (χ1n) is 9.77. The minimum atomic E-state index is -1.11. The number of amides is 1. The predicted molar refractivity (Wildman–Crippen MR) is 120 cm³/mol. The van der Waals surface area contributed by atoms with Crippen molar-refractivity contribution < 1.29 is 28.6 Å². The molecule has 9 heteroatoms. The van der Waals surface area contributed by atoms with Gasteiger partial charge in [0.05, 0.1) is 30.5 Å². The molecule has 7 nitrogen and oxygen atoms in total. The summed E-state index contributed by atoms with van der Waals surface area (Å²) in [4.78, 5) is 31.8. The molecular formula is C24H18ClFN2O5. The number of ketones is 1. The zero-order valence-electron chi connectivity index (χ0n) is 17.6. The molecule has 0 spiro atoms. The third-order valence-electron chi connectivity index (χ3n) is 5.26. The van der Waals surface area contributed by atoms with Gasteiger partial charge in [0.1, 0.15) is 34.7 Å². The van der Waals surface area contributed by atoms with Gasteiger partial charge in [-0.05, 0) is 42.5 Å². The summed E-state index contributed by atoms with van der Waals surface area (Å²) in [7, 11) is 2.81. The molecule has 0 radical (unpaired) electrons. The summed E-state index contributed by atoms with van der Waals surface area (Å²) in [6.45, 7) is 0. The molecule has 1 fully saturated rings.